The summed E-state index contributed by atoms with van der Waals surface area (Å²) in [5.41, 5.74) is 2.36. The molecule has 0 spiro atoms. The molecule has 3 amide bonds. The molecule has 0 aliphatic carbocycles. The highest BCUT2D eigenvalue weighted by Gasteiger charge is 2.54. The van der Waals surface area contributed by atoms with Gasteiger partial charge in [-0.1, -0.05) is 5.16 Å². The van der Waals surface area contributed by atoms with Crippen molar-refractivity contribution in [2.75, 3.05) is 19.5 Å². The van der Waals surface area contributed by atoms with Crippen molar-refractivity contribution in [3.05, 3.63) is 11.3 Å². The lowest BCUT2D eigenvalue weighted by atomic mass is 10.0. The molecule has 0 bridgehead atoms. The Balaban J connectivity index is 2.11. The van der Waals surface area contributed by atoms with Crippen LogP contribution in [0.25, 0.3) is 0 Å². The molecular weight excluding hydrogens is 406 g/mol. The fourth-order valence-corrected chi connectivity index (χ4v) is 3.99. The number of carboxylic acid groups (broad SMARTS) is 1. The second kappa shape index (κ2) is 9.41. The van der Waals surface area contributed by atoms with E-state index in [1.165, 1.54) is 25.8 Å². The van der Waals surface area contributed by atoms with Crippen LogP contribution in [0.5, 0.6) is 0 Å². The number of fused-ring (bicyclic) bond motifs is 1. The van der Waals surface area contributed by atoms with Crippen LogP contribution >= 0.6 is 11.8 Å². The summed E-state index contributed by atoms with van der Waals surface area (Å²) in [6.45, 7) is 4.82. The van der Waals surface area contributed by atoms with Crippen molar-refractivity contribution in [3.63, 3.8) is 0 Å². The zero-order valence-corrected chi connectivity index (χ0v) is 17.0. The van der Waals surface area contributed by atoms with Crippen LogP contribution in [0.15, 0.2) is 21.5 Å². The number of nitrogens with zero attached hydrogens (tertiary/aromatic N) is 3. The Labute approximate surface area is 170 Å². The molecule has 3 N–H and O–H groups in total. The monoisotopic (exact) mass is 427 g/mol. The van der Waals surface area contributed by atoms with Gasteiger partial charge in [-0.05, 0) is 26.3 Å². The molecule has 2 heterocycles. The van der Waals surface area contributed by atoms with Gasteiger partial charge >= 0.3 is 12.1 Å². The number of hydrazone groups is 1. The van der Waals surface area contributed by atoms with Gasteiger partial charge in [-0.3, -0.25) is 14.5 Å². The fourth-order valence-electron chi connectivity index (χ4n) is 2.69. The fraction of sp³-hybridized carbons (Fsp3) is 0.500. The maximum Gasteiger partial charge on any atom is 0.427 e. The minimum absolute atomic E-state index is 0.0132. The van der Waals surface area contributed by atoms with Crippen molar-refractivity contribution >= 4 is 47.1 Å². The van der Waals surface area contributed by atoms with Gasteiger partial charge in [-0.15, -0.1) is 11.8 Å². The summed E-state index contributed by atoms with van der Waals surface area (Å²) >= 11 is 1.34. The Morgan fingerprint density at radius 2 is 2.07 bits per heavy atom. The predicted octanol–water partition coefficient (Wildman–Crippen LogP) is -0.131. The molecular formula is C16H21N5O7S. The smallest absolute Gasteiger partial charge is 0.427 e. The number of amides is 3. The average Bonchev–Trinajstić information content (AvgIpc) is 2.67. The first kappa shape index (κ1) is 22.2. The number of oxime groups is 1. The van der Waals surface area contributed by atoms with Gasteiger partial charge in [-0.25, -0.2) is 15.0 Å². The quantitative estimate of drug-likeness (QED) is 0.288. The van der Waals surface area contributed by atoms with Gasteiger partial charge < -0.3 is 20.0 Å². The summed E-state index contributed by atoms with van der Waals surface area (Å²) in [7, 11) is 1.22. The van der Waals surface area contributed by atoms with Gasteiger partial charge in [0.15, 0.2) is 5.71 Å². The van der Waals surface area contributed by atoms with E-state index in [1.54, 1.807) is 13.8 Å². The van der Waals surface area contributed by atoms with Crippen molar-refractivity contribution in [2.24, 2.45) is 10.3 Å². The molecule has 2 atom stereocenters. The lowest BCUT2D eigenvalue weighted by molar-refractivity contribution is -0.150. The number of aliphatic carboxylic acids is 1. The van der Waals surface area contributed by atoms with Crippen molar-refractivity contribution in [2.45, 2.75) is 32.2 Å². The number of carbonyl (C=O) groups excluding carboxylic acids is 3. The highest BCUT2D eigenvalue weighted by atomic mass is 32.2. The normalized spacial score (nSPS) is 21.8. The van der Waals surface area contributed by atoms with Crippen molar-refractivity contribution in [1.82, 2.24) is 15.6 Å². The Morgan fingerprint density at radius 3 is 2.66 bits per heavy atom. The zero-order chi connectivity index (χ0) is 21.7. The van der Waals surface area contributed by atoms with Crippen LogP contribution in [0.1, 0.15) is 20.8 Å². The molecule has 0 saturated carbocycles. The molecule has 2 aliphatic rings. The van der Waals surface area contributed by atoms with E-state index >= 15 is 0 Å². The first-order valence-corrected chi connectivity index (χ1v) is 9.54. The number of hydrogen-bond acceptors (Lipinski definition) is 9. The van der Waals surface area contributed by atoms with Crippen molar-refractivity contribution < 1.29 is 33.9 Å². The Hall–Kier alpha value is -3.09. The number of β-lactam (4-membered cyclic amide) rings is 1. The van der Waals surface area contributed by atoms with Crippen LogP contribution < -0.4 is 10.7 Å². The number of nitrogens with one attached hydrogen (secondary N) is 2. The minimum atomic E-state index is -1.19. The van der Waals surface area contributed by atoms with Crippen molar-refractivity contribution in [3.8, 4) is 0 Å². The van der Waals surface area contributed by atoms with Gasteiger partial charge in [0.1, 0.15) is 24.2 Å². The molecule has 12 nitrogen and oxygen atoms in total. The van der Waals surface area contributed by atoms with Crippen LogP contribution in [0, 0.1) is 0 Å². The number of ether oxygens (including phenoxy) is 1. The summed E-state index contributed by atoms with van der Waals surface area (Å²) < 4.78 is 4.66. The maximum absolute atomic E-state index is 12.6. The highest BCUT2D eigenvalue weighted by molar-refractivity contribution is 8.00. The molecule has 1 fully saturated rings. The second-order valence-corrected chi connectivity index (χ2v) is 7.05. The SMILES string of the molecule is CCOC(=O)NN=C(C)C(=NOC)C(=O)NC1C(=O)N2C(C(=O)O)=C(C)CS[C@@H]12. The van der Waals surface area contributed by atoms with E-state index in [1.807, 2.05) is 0 Å². The molecule has 0 aromatic heterocycles. The summed E-state index contributed by atoms with van der Waals surface area (Å²) in [6, 6.07) is -0.928. The van der Waals surface area contributed by atoms with Gasteiger partial charge in [0.05, 0.1) is 12.3 Å². The van der Waals surface area contributed by atoms with E-state index < -0.39 is 35.3 Å². The van der Waals surface area contributed by atoms with Crippen LogP contribution in [0.3, 0.4) is 0 Å². The van der Waals surface area contributed by atoms with E-state index in [2.05, 4.69) is 30.6 Å². The number of hydrogen-bond donors (Lipinski definition) is 3. The van der Waals surface area contributed by atoms with E-state index in [-0.39, 0.29) is 23.7 Å². The van der Waals surface area contributed by atoms with Crippen LogP contribution in [-0.2, 0) is 24.0 Å². The molecule has 0 aromatic carbocycles. The molecule has 0 radical (unpaired) electrons. The van der Waals surface area contributed by atoms with Crippen LogP contribution in [0.4, 0.5) is 4.79 Å². The maximum atomic E-state index is 12.6. The highest BCUT2D eigenvalue weighted by Crippen LogP contribution is 2.40. The summed E-state index contributed by atoms with van der Waals surface area (Å²) in [6.07, 6.45) is -0.809. The minimum Gasteiger partial charge on any atom is -0.477 e. The average molecular weight is 427 g/mol. The molecule has 29 heavy (non-hydrogen) atoms. The Bertz CT molecular complexity index is 822. The second-order valence-electron chi connectivity index (χ2n) is 5.95. The number of carbonyl (C=O) groups is 4. The Morgan fingerprint density at radius 1 is 1.38 bits per heavy atom. The third kappa shape index (κ3) is 4.67. The molecule has 13 heteroatoms. The summed E-state index contributed by atoms with van der Waals surface area (Å²) in [4.78, 5) is 53.6. The van der Waals surface area contributed by atoms with Crippen molar-refractivity contribution in [1.29, 1.82) is 0 Å². The topological polar surface area (TPSA) is 159 Å². The number of thioether (sulfide) groups is 1. The van der Waals surface area contributed by atoms with E-state index in [0.717, 1.165) is 4.90 Å². The third-order valence-corrected chi connectivity index (χ3v) is 5.40. The summed E-state index contributed by atoms with van der Waals surface area (Å²) in [5, 5.41) is 18.6. The van der Waals surface area contributed by atoms with E-state index in [9.17, 15) is 24.3 Å². The molecule has 158 valence electrons. The first-order chi connectivity index (χ1) is 13.7. The van der Waals surface area contributed by atoms with Crippen LogP contribution in [0.2, 0.25) is 0 Å². The standard InChI is InChI=1S/C16H21N5O7S/c1-5-28-16(26)19-18-8(3)9(20-27-4)12(22)17-10-13(23)21-11(15(24)25)7(2)6-29-14(10)21/h10,14H,5-6H2,1-4H3,(H,17,22)(H,19,26)(H,24,25)/t10?,14-/m0/s1. The van der Waals surface area contributed by atoms with E-state index in [0.29, 0.717) is 11.3 Å². The first-order valence-electron chi connectivity index (χ1n) is 8.50. The van der Waals surface area contributed by atoms with Crippen LogP contribution in [-0.4, -0.2) is 76.2 Å². The molecule has 1 saturated heterocycles. The molecule has 0 aromatic rings. The summed E-state index contributed by atoms with van der Waals surface area (Å²) in [5.74, 6) is -2.07. The van der Waals surface area contributed by atoms with Gasteiger partial charge in [-0.2, -0.15) is 5.10 Å². The van der Waals surface area contributed by atoms with Gasteiger partial charge in [0.2, 0.25) is 0 Å². The zero-order valence-electron chi connectivity index (χ0n) is 16.2. The van der Waals surface area contributed by atoms with Gasteiger partial charge in [0.25, 0.3) is 11.8 Å². The lowest BCUT2D eigenvalue weighted by Gasteiger charge is -2.49. The molecule has 2 aliphatic heterocycles. The number of carboxylic acids is 1. The molecule has 1 unspecified atom stereocenters. The van der Waals surface area contributed by atoms with E-state index in [4.69, 9.17) is 0 Å². The third-order valence-electron chi connectivity index (χ3n) is 3.98. The number of rotatable bonds is 7. The Kier molecular flexibility index (Phi) is 7.20. The largest absolute Gasteiger partial charge is 0.477 e. The molecule has 2 rings (SSSR count). The lowest BCUT2D eigenvalue weighted by Crippen LogP contribution is -2.71. The predicted molar refractivity (Wildman–Crippen MR) is 103 cm³/mol. The van der Waals surface area contributed by atoms with Gasteiger partial charge in [0, 0.05) is 5.75 Å².